The summed E-state index contributed by atoms with van der Waals surface area (Å²) in [4.78, 5) is 25.1. The van der Waals surface area contributed by atoms with Crippen LogP contribution in [-0.2, 0) is 9.53 Å². The van der Waals surface area contributed by atoms with E-state index in [0.717, 1.165) is 12.8 Å². The van der Waals surface area contributed by atoms with E-state index < -0.39 is 5.60 Å². The largest absolute Gasteiger partial charge is 0.444 e. The second kappa shape index (κ2) is 5.85. The summed E-state index contributed by atoms with van der Waals surface area (Å²) in [5.74, 6) is -0.295. The lowest BCUT2D eigenvalue weighted by molar-refractivity contribution is -0.123. The van der Waals surface area contributed by atoms with Crippen LogP contribution in [0.15, 0.2) is 0 Å². The zero-order chi connectivity index (χ0) is 13.8. The van der Waals surface area contributed by atoms with Crippen molar-refractivity contribution in [3.63, 3.8) is 0 Å². The maximum absolute atomic E-state index is 11.9. The van der Waals surface area contributed by atoms with Gasteiger partial charge in [-0.1, -0.05) is 0 Å². The van der Waals surface area contributed by atoms with Gasteiger partial charge in [0, 0.05) is 19.0 Å². The lowest BCUT2D eigenvalue weighted by atomic mass is 9.93. The molecule has 0 bridgehead atoms. The number of Topliss-reactive ketones (excluding diaryl/α,β-unsaturated/α-hetero) is 1. The Morgan fingerprint density at radius 3 is 2.67 bits per heavy atom. The van der Waals surface area contributed by atoms with E-state index in [0.29, 0.717) is 13.1 Å². The molecule has 1 aliphatic heterocycles. The van der Waals surface area contributed by atoms with Crippen LogP contribution in [0, 0.1) is 17.2 Å². The molecule has 0 N–H and O–H groups in total. The number of carbonyl (C=O) groups is 2. The summed E-state index contributed by atoms with van der Waals surface area (Å²) in [6, 6.07) is 1.86. The molecule has 5 nitrogen and oxygen atoms in total. The Morgan fingerprint density at radius 1 is 1.44 bits per heavy atom. The number of piperidine rings is 1. The lowest BCUT2D eigenvalue weighted by Crippen LogP contribution is -2.44. The van der Waals surface area contributed by atoms with Gasteiger partial charge in [-0.25, -0.2) is 4.79 Å². The third kappa shape index (κ3) is 4.36. The van der Waals surface area contributed by atoms with Gasteiger partial charge < -0.3 is 9.64 Å². The van der Waals surface area contributed by atoms with Crippen LogP contribution in [0.2, 0.25) is 0 Å². The van der Waals surface area contributed by atoms with Gasteiger partial charge in [-0.15, -0.1) is 0 Å². The van der Waals surface area contributed by atoms with E-state index in [9.17, 15) is 9.59 Å². The SMILES string of the molecule is CC(C)(C)OC(=O)N1CCC[C@H](C(=O)CC#N)C1. The standard InChI is InChI=1S/C13H20N2O3/c1-13(2,3)18-12(17)15-8-4-5-10(9-15)11(16)6-7-14/h10H,4-6,8-9H2,1-3H3/t10-/m0/s1. The predicted molar refractivity (Wildman–Crippen MR) is 65.8 cm³/mol. The summed E-state index contributed by atoms with van der Waals surface area (Å²) in [7, 11) is 0. The van der Waals surface area contributed by atoms with E-state index in [1.807, 2.05) is 26.8 Å². The molecule has 0 unspecified atom stereocenters. The van der Waals surface area contributed by atoms with Crippen LogP contribution in [0.1, 0.15) is 40.0 Å². The van der Waals surface area contributed by atoms with Crippen molar-refractivity contribution in [1.29, 1.82) is 5.26 Å². The summed E-state index contributed by atoms with van der Waals surface area (Å²) < 4.78 is 5.28. The van der Waals surface area contributed by atoms with Crippen molar-refractivity contribution in [2.24, 2.45) is 5.92 Å². The average molecular weight is 252 g/mol. The minimum Gasteiger partial charge on any atom is -0.444 e. The molecule has 100 valence electrons. The molecule has 1 fully saturated rings. The van der Waals surface area contributed by atoms with Gasteiger partial charge in [-0.3, -0.25) is 4.79 Å². The first kappa shape index (κ1) is 14.5. The Bertz CT molecular complexity index is 365. The van der Waals surface area contributed by atoms with E-state index in [1.54, 1.807) is 4.90 Å². The first-order valence-electron chi connectivity index (χ1n) is 6.21. The van der Waals surface area contributed by atoms with Crippen molar-refractivity contribution in [2.75, 3.05) is 13.1 Å². The van der Waals surface area contributed by atoms with Crippen LogP contribution in [0.5, 0.6) is 0 Å². The van der Waals surface area contributed by atoms with Crippen LogP contribution in [0.3, 0.4) is 0 Å². The van der Waals surface area contributed by atoms with Gasteiger partial charge in [0.2, 0.25) is 0 Å². The Labute approximate surface area is 108 Å². The molecular formula is C13H20N2O3. The van der Waals surface area contributed by atoms with E-state index in [4.69, 9.17) is 10.00 Å². The van der Waals surface area contributed by atoms with E-state index in [1.165, 1.54) is 0 Å². The van der Waals surface area contributed by atoms with Crippen LogP contribution >= 0.6 is 0 Å². The topological polar surface area (TPSA) is 70.4 Å². The lowest BCUT2D eigenvalue weighted by Gasteiger charge is -2.33. The smallest absolute Gasteiger partial charge is 0.410 e. The van der Waals surface area contributed by atoms with Gasteiger partial charge in [0.05, 0.1) is 12.5 Å². The summed E-state index contributed by atoms with van der Waals surface area (Å²) in [5.41, 5.74) is -0.527. The molecule has 0 aromatic carbocycles. The van der Waals surface area contributed by atoms with Crippen LogP contribution < -0.4 is 0 Å². The third-order valence-electron chi connectivity index (χ3n) is 2.78. The molecule has 1 aliphatic rings. The zero-order valence-electron chi connectivity index (χ0n) is 11.2. The first-order valence-corrected chi connectivity index (χ1v) is 6.21. The molecule has 5 heteroatoms. The summed E-state index contributed by atoms with van der Waals surface area (Å²) in [6.45, 7) is 6.42. The number of hydrogen-bond donors (Lipinski definition) is 0. The number of rotatable bonds is 2. The van der Waals surface area contributed by atoms with E-state index in [-0.39, 0.29) is 24.2 Å². The Kier molecular flexibility index (Phi) is 4.71. The number of ether oxygens (including phenoxy) is 1. The predicted octanol–water partition coefficient (Wildman–Crippen LogP) is 2.12. The van der Waals surface area contributed by atoms with Crippen molar-refractivity contribution in [3.8, 4) is 6.07 Å². The number of likely N-dealkylation sites (tertiary alicyclic amines) is 1. The number of amides is 1. The maximum atomic E-state index is 11.9. The summed E-state index contributed by atoms with van der Waals surface area (Å²) in [6.07, 6.45) is 1.07. The summed E-state index contributed by atoms with van der Waals surface area (Å²) in [5, 5.41) is 8.52. The fraction of sp³-hybridized carbons (Fsp3) is 0.769. The van der Waals surface area contributed by atoms with Crippen LogP contribution in [0.4, 0.5) is 4.79 Å². The highest BCUT2D eigenvalue weighted by molar-refractivity contribution is 5.83. The zero-order valence-corrected chi connectivity index (χ0v) is 11.2. The number of ketones is 1. The normalized spacial score (nSPS) is 20.1. The molecule has 1 heterocycles. The number of hydrogen-bond acceptors (Lipinski definition) is 4. The van der Waals surface area contributed by atoms with Gasteiger partial charge in [-0.2, -0.15) is 5.26 Å². The molecular weight excluding hydrogens is 232 g/mol. The Morgan fingerprint density at radius 2 is 2.11 bits per heavy atom. The second-order valence-electron chi connectivity index (χ2n) is 5.57. The maximum Gasteiger partial charge on any atom is 0.410 e. The Balaban J connectivity index is 2.56. The van der Waals surface area contributed by atoms with Crippen LogP contribution in [-0.4, -0.2) is 35.5 Å². The first-order chi connectivity index (χ1) is 8.33. The minimum atomic E-state index is -0.527. The molecule has 0 aliphatic carbocycles. The van der Waals surface area contributed by atoms with E-state index in [2.05, 4.69) is 0 Å². The van der Waals surface area contributed by atoms with Gasteiger partial charge in [-0.05, 0) is 33.6 Å². The fourth-order valence-corrected chi connectivity index (χ4v) is 1.95. The third-order valence-corrected chi connectivity index (χ3v) is 2.78. The highest BCUT2D eigenvalue weighted by Gasteiger charge is 2.30. The van der Waals surface area contributed by atoms with Crippen LogP contribution in [0.25, 0.3) is 0 Å². The number of nitriles is 1. The molecule has 1 atom stereocenters. The molecule has 1 rings (SSSR count). The van der Waals surface area contributed by atoms with Gasteiger partial charge in [0.1, 0.15) is 5.60 Å². The number of nitrogens with zero attached hydrogens (tertiary/aromatic N) is 2. The second-order valence-corrected chi connectivity index (χ2v) is 5.57. The summed E-state index contributed by atoms with van der Waals surface area (Å²) >= 11 is 0. The molecule has 0 radical (unpaired) electrons. The van der Waals surface area contributed by atoms with Crippen molar-refractivity contribution in [2.45, 2.75) is 45.6 Å². The number of carbonyl (C=O) groups excluding carboxylic acids is 2. The molecule has 1 saturated heterocycles. The van der Waals surface area contributed by atoms with E-state index >= 15 is 0 Å². The van der Waals surface area contributed by atoms with Crippen molar-refractivity contribution in [1.82, 2.24) is 4.90 Å². The molecule has 1 amide bonds. The molecule has 0 saturated carbocycles. The molecule has 0 aromatic heterocycles. The fourth-order valence-electron chi connectivity index (χ4n) is 1.95. The van der Waals surface area contributed by atoms with Crippen molar-refractivity contribution < 1.29 is 14.3 Å². The van der Waals surface area contributed by atoms with Gasteiger partial charge in [0.15, 0.2) is 5.78 Å². The Hall–Kier alpha value is -1.57. The van der Waals surface area contributed by atoms with Gasteiger partial charge in [0.25, 0.3) is 0 Å². The highest BCUT2D eigenvalue weighted by Crippen LogP contribution is 2.20. The average Bonchev–Trinajstić information content (AvgIpc) is 2.27. The molecule has 0 spiro atoms. The molecule has 18 heavy (non-hydrogen) atoms. The quantitative estimate of drug-likeness (QED) is 0.754. The molecule has 0 aromatic rings. The highest BCUT2D eigenvalue weighted by atomic mass is 16.6. The van der Waals surface area contributed by atoms with Crippen molar-refractivity contribution >= 4 is 11.9 Å². The monoisotopic (exact) mass is 252 g/mol. The minimum absolute atomic E-state index is 0.0766. The van der Waals surface area contributed by atoms with Gasteiger partial charge >= 0.3 is 6.09 Å². The van der Waals surface area contributed by atoms with Crippen molar-refractivity contribution in [3.05, 3.63) is 0 Å².